The van der Waals surface area contributed by atoms with Crippen molar-refractivity contribution in [2.45, 2.75) is 45.4 Å². The number of hydrogen-bond acceptors (Lipinski definition) is 3. The Labute approximate surface area is 113 Å². The van der Waals surface area contributed by atoms with Crippen molar-refractivity contribution in [2.24, 2.45) is 0 Å². The van der Waals surface area contributed by atoms with Crippen LogP contribution in [0.3, 0.4) is 0 Å². The van der Waals surface area contributed by atoms with Gasteiger partial charge in [0, 0.05) is 0 Å². The van der Waals surface area contributed by atoms with Crippen molar-refractivity contribution in [1.29, 1.82) is 0 Å². The molecule has 1 aromatic heterocycles. The van der Waals surface area contributed by atoms with Gasteiger partial charge < -0.3 is 5.73 Å². The summed E-state index contributed by atoms with van der Waals surface area (Å²) in [6.07, 6.45) is 6.83. The first-order valence-electron chi connectivity index (χ1n) is 7.12. The second-order valence-electron chi connectivity index (χ2n) is 5.21. The van der Waals surface area contributed by atoms with Gasteiger partial charge in [-0.1, -0.05) is 30.7 Å². The highest BCUT2D eigenvalue weighted by Crippen LogP contribution is 2.28. The van der Waals surface area contributed by atoms with E-state index in [2.05, 4.69) is 35.4 Å². The van der Waals surface area contributed by atoms with Gasteiger partial charge in [0.2, 0.25) is 0 Å². The molecule has 0 bridgehead atoms. The minimum atomic E-state index is 0.565. The molecule has 1 heterocycles. The van der Waals surface area contributed by atoms with E-state index in [9.17, 15) is 0 Å². The van der Waals surface area contributed by atoms with Gasteiger partial charge in [0.25, 0.3) is 0 Å². The monoisotopic (exact) mass is 256 g/mol. The highest BCUT2D eigenvalue weighted by molar-refractivity contribution is 5.49. The summed E-state index contributed by atoms with van der Waals surface area (Å²) in [4.78, 5) is 0. The third-order valence-electron chi connectivity index (χ3n) is 3.88. The molecule has 19 heavy (non-hydrogen) atoms. The lowest BCUT2D eigenvalue weighted by molar-refractivity contribution is 0.667. The van der Waals surface area contributed by atoms with Gasteiger partial charge in [0.05, 0.1) is 11.4 Å². The molecule has 0 saturated heterocycles. The molecule has 0 saturated carbocycles. The first kappa shape index (κ1) is 12.2. The minimum Gasteiger partial charge on any atom is -0.381 e. The number of aryl methyl sites for hydroxylation is 1. The number of rotatable bonds is 3. The van der Waals surface area contributed by atoms with E-state index in [1.54, 1.807) is 0 Å². The quantitative estimate of drug-likeness (QED) is 0.918. The van der Waals surface area contributed by atoms with Crippen LogP contribution in [0, 0.1) is 0 Å². The molecule has 0 amide bonds. The number of nitrogens with zero attached hydrogens (tertiary/aromatic N) is 3. The van der Waals surface area contributed by atoms with Gasteiger partial charge in [-0.15, -0.1) is 5.10 Å². The zero-order valence-electron chi connectivity index (χ0n) is 11.4. The van der Waals surface area contributed by atoms with E-state index in [0.717, 1.165) is 25.0 Å². The Morgan fingerprint density at radius 2 is 2.11 bits per heavy atom. The number of anilines is 1. The lowest BCUT2D eigenvalue weighted by atomic mass is 9.90. The molecule has 0 fully saturated rings. The maximum atomic E-state index is 5.95. The molecule has 4 heteroatoms. The predicted octanol–water partition coefficient (Wildman–Crippen LogP) is 2.68. The minimum absolute atomic E-state index is 0.565. The molecule has 0 aliphatic heterocycles. The summed E-state index contributed by atoms with van der Waals surface area (Å²) in [6.45, 7) is 2.15. The Morgan fingerprint density at radius 3 is 2.95 bits per heavy atom. The van der Waals surface area contributed by atoms with Gasteiger partial charge in [-0.2, -0.15) is 0 Å². The third kappa shape index (κ3) is 2.11. The number of benzene rings is 1. The van der Waals surface area contributed by atoms with Crippen LogP contribution in [0.4, 0.5) is 5.82 Å². The zero-order chi connectivity index (χ0) is 13.2. The second-order valence-corrected chi connectivity index (χ2v) is 5.21. The fraction of sp³-hybridized carbons (Fsp3) is 0.467. The molecule has 2 N–H and O–H groups in total. The average molecular weight is 256 g/mol. The Balaban J connectivity index is 2.12. The second kappa shape index (κ2) is 5.03. The number of aromatic nitrogens is 3. The van der Waals surface area contributed by atoms with Crippen molar-refractivity contribution in [2.75, 3.05) is 5.73 Å². The van der Waals surface area contributed by atoms with Crippen LogP contribution in [0.5, 0.6) is 0 Å². The number of fused-ring (bicyclic) bond motifs is 1. The Bertz CT molecular complexity index is 586. The van der Waals surface area contributed by atoms with E-state index in [4.69, 9.17) is 5.73 Å². The fourth-order valence-corrected chi connectivity index (χ4v) is 2.94. The van der Waals surface area contributed by atoms with Crippen LogP contribution in [-0.2, 0) is 19.3 Å². The lowest BCUT2D eigenvalue weighted by Gasteiger charge is -2.19. The molecule has 100 valence electrons. The highest BCUT2D eigenvalue weighted by Gasteiger charge is 2.18. The summed E-state index contributed by atoms with van der Waals surface area (Å²) in [5, 5.41) is 8.31. The highest BCUT2D eigenvalue weighted by atomic mass is 15.4. The van der Waals surface area contributed by atoms with Crippen LogP contribution in [0.2, 0.25) is 0 Å². The number of hydrogen-bond donors (Lipinski definition) is 1. The molecule has 1 aliphatic carbocycles. The number of nitrogen functional groups attached to an aromatic ring is 1. The Morgan fingerprint density at radius 1 is 1.26 bits per heavy atom. The summed E-state index contributed by atoms with van der Waals surface area (Å²) in [5.74, 6) is 0.565. The van der Waals surface area contributed by atoms with Crippen LogP contribution in [0.1, 0.15) is 43.0 Å². The first-order valence-corrected chi connectivity index (χ1v) is 7.12. The van der Waals surface area contributed by atoms with E-state index in [-0.39, 0.29) is 0 Å². The largest absolute Gasteiger partial charge is 0.381 e. The van der Waals surface area contributed by atoms with Crippen molar-refractivity contribution >= 4 is 5.82 Å². The smallest absolute Gasteiger partial charge is 0.169 e. The maximum Gasteiger partial charge on any atom is 0.169 e. The van der Waals surface area contributed by atoms with Gasteiger partial charge in [-0.05, 0) is 49.3 Å². The van der Waals surface area contributed by atoms with E-state index < -0.39 is 0 Å². The predicted molar refractivity (Wildman–Crippen MR) is 76.4 cm³/mol. The summed E-state index contributed by atoms with van der Waals surface area (Å²) < 4.78 is 1.95. The van der Waals surface area contributed by atoms with Crippen molar-refractivity contribution in [1.82, 2.24) is 15.0 Å². The van der Waals surface area contributed by atoms with Gasteiger partial charge in [0.15, 0.2) is 5.82 Å². The van der Waals surface area contributed by atoms with Crippen LogP contribution >= 0.6 is 0 Å². The maximum absolute atomic E-state index is 5.95. The molecular weight excluding hydrogens is 236 g/mol. The molecule has 3 rings (SSSR count). The first-order chi connectivity index (χ1) is 9.31. The van der Waals surface area contributed by atoms with Crippen molar-refractivity contribution < 1.29 is 0 Å². The molecule has 4 nitrogen and oxygen atoms in total. The lowest BCUT2D eigenvalue weighted by Crippen LogP contribution is -2.11. The SMILES string of the molecule is CCCc1c(N)nnn1-c1cccc2c1CCCC2. The molecule has 2 aromatic rings. The topological polar surface area (TPSA) is 56.7 Å². The van der Waals surface area contributed by atoms with Gasteiger partial charge in [-0.25, -0.2) is 4.68 Å². The van der Waals surface area contributed by atoms with Gasteiger partial charge >= 0.3 is 0 Å². The van der Waals surface area contributed by atoms with Gasteiger partial charge in [0.1, 0.15) is 0 Å². The summed E-state index contributed by atoms with van der Waals surface area (Å²) in [7, 11) is 0. The summed E-state index contributed by atoms with van der Waals surface area (Å²) >= 11 is 0. The van der Waals surface area contributed by atoms with E-state index in [0.29, 0.717) is 5.82 Å². The van der Waals surface area contributed by atoms with Crippen LogP contribution in [0.15, 0.2) is 18.2 Å². The molecule has 0 spiro atoms. The standard InChI is InChI=1S/C15H20N4/c1-2-6-14-15(16)17-18-19(14)13-10-5-8-11-7-3-4-9-12(11)13/h5,8,10H,2-4,6-7,9,16H2,1H3. The normalized spacial score (nSPS) is 14.4. The number of nitrogens with two attached hydrogens (primary N) is 1. The van der Waals surface area contributed by atoms with Crippen LogP contribution in [-0.4, -0.2) is 15.0 Å². The van der Waals surface area contributed by atoms with Gasteiger partial charge in [-0.3, -0.25) is 0 Å². The van der Waals surface area contributed by atoms with E-state index >= 15 is 0 Å². The summed E-state index contributed by atoms with van der Waals surface area (Å²) in [5.41, 5.74) is 11.0. The molecular formula is C15H20N4. The molecule has 0 radical (unpaired) electrons. The molecule has 1 aliphatic rings. The van der Waals surface area contributed by atoms with Crippen molar-refractivity contribution in [3.63, 3.8) is 0 Å². The molecule has 0 unspecified atom stereocenters. The van der Waals surface area contributed by atoms with E-state index in [1.807, 2.05) is 4.68 Å². The third-order valence-corrected chi connectivity index (χ3v) is 3.88. The van der Waals surface area contributed by atoms with Crippen LogP contribution in [0.25, 0.3) is 5.69 Å². The molecule has 0 atom stereocenters. The Hall–Kier alpha value is -1.84. The van der Waals surface area contributed by atoms with Crippen molar-refractivity contribution in [3.05, 3.63) is 35.0 Å². The summed E-state index contributed by atoms with van der Waals surface area (Å²) in [6, 6.07) is 6.49. The fourth-order valence-electron chi connectivity index (χ4n) is 2.94. The average Bonchev–Trinajstić information content (AvgIpc) is 2.80. The zero-order valence-corrected chi connectivity index (χ0v) is 11.4. The Kier molecular flexibility index (Phi) is 3.23. The van der Waals surface area contributed by atoms with E-state index in [1.165, 1.54) is 36.1 Å². The van der Waals surface area contributed by atoms with Crippen molar-refractivity contribution in [3.8, 4) is 5.69 Å². The van der Waals surface area contributed by atoms with Crippen LogP contribution < -0.4 is 5.73 Å². The molecule has 1 aromatic carbocycles.